The summed E-state index contributed by atoms with van der Waals surface area (Å²) in [6.45, 7) is 0. The smallest absolute Gasteiger partial charge is 0.423 e. The van der Waals surface area contributed by atoms with Crippen molar-refractivity contribution < 1.29 is 19.5 Å². The summed E-state index contributed by atoms with van der Waals surface area (Å²) in [6, 6.07) is -1.93. The van der Waals surface area contributed by atoms with E-state index < -0.39 is 18.2 Å². The second-order valence-corrected chi connectivity index (χ2v) is 1.50. The monoisotopic (exact) mass is 177 g/mol. The van der Waals surface area contributed by atoms with Gasteiger partial charge < -0.3 is 10.8 Å². The van der Waals surface area contributed by atoms with Crippen LogP contribution in [0.15, 0.2) is 0 Å². The quantitative estimate of drug-likeness (QED) is 0.239. The van der Waals surface area contributed by atoms with Crippen LogP contribution in [-0.4, -0.2) is 23.3 Å². The van der Waals surface area contributed by atoms with Crippen LogP contribution < -0.4 is 27.4 Å². The molecule has 9 nitrogen and oxygen atoms in total. The predicted molar refractivity (Wildman–Crippen MR) is 35.5 cm³/mol. The van der Waals surface area contributed by atoms with Crippen LogP contribution >= 0.6 is 0 Å². The number of amides is 5. The number of hydrogen-bond donors (Lipinski definition) is 6. The maximum absolute atomic E-state index is 10.4. The lowest BCUT2D eigenvalue weighted by Gasteiger charge is -2.05. The van der Waals surface area contributed by atoms with Gasteiger partial charge in [0.2, 0.25) is 0 Å². The van der Waals surface area contributed by atoms with Crippen molar-refractivity contribution in [3.63, 3.8) is 0 Å². The molecule has 7 N–H and O–H groups in total. The molecule has 5 amide bonds. The summed E-state index contributed by atoms with van der Waals surface area (Å²) in [4.78, 5) is 30.2. The van der Waals surface area contributed by atoms with Crippen molar-refractivity contribution in [2.45, 2.75) is 0 Å². The lowest BCUT2D eigenvalue weighted by molar-refractivity contribution is 0.186. The molecule has 0 aromatic heterocycles. The number of rotatable bonds is 0. The van der Waals surface area contributed by atoms with Gasteiger partial charge >= 0.3 is 18.2 Å². The predicted octanol–water partition coefficient (Wildman–Crippen LogP) is -1.95. The minimum atomic E-state index is -1.44. The van der Waals surface area contributed by atoms with Crippen LogP contribution in [0.25, 0.3) is 0 Å². The number of carboxylic acid groups (broad SMARTS) is 1. The number of nitrogens with one attached hydrogen (secondary N) is 4. The highest BCUT2D eigenvalue weighted by Gasteiger charge is 2.00. The summed E-state index contributed by atoms with van der Waals surface area (Å²) in [7, 11) is 0. The summed E-state index contributed by atoms with van der Waals surface area (Å²) >= 11 is 0. The first-order valence-electron chi connectivity index (χ1n) is 2.62. The zero-order valence-electron chi connectivity index (χ0n) is 5.75. The van der Waals surface area contributed by atoms with E-state index in [-0.39, 0.29) is 0 Å². The number of primary amides is 1. The first-order chi connectivity index (χ1) is 5.52. The summed E-state index contributed by atoms with van der Waals surface area (Å²) in [6.07, 6.45) is -1.44. The Kier molecular flexibility index (Phi) is 3.76. The summed E-state index contributed by atoms with van der Waals surface area (Å²) < 4.78 is 0. The third-order valence-electron chi connectivity index (χ3n) is 0.582. The molecule has 0 saturated carbocycles. The Morgan fingerprint density at radius 3 is 1.92 bits per heavy atom. The average Bonchev–Trinajstić information content (AvgIpc) is 1.96. The van der Waals surface area contributed by atoms with Gasteiger partial charge in [0.15, 0.2) is 0 Å². The fraction of sp³-hybridized carbons (Fsp3) is 0. The maximum Gasteiger partial charge on any atom is 0.423 e. The van der Waals surface area contributed by atoms with Crippen LogP contribution in [0.2, 0.25) is 0 Å². The third kappa shape index (κ3) is 5.94. The van der Waals surface area contributed by atoms with Crippen LogP contribution in [0.5, 0.6) is 0 Å². The Hall–Kier alpha value is -2.19. The fourth-order valence-corrected chi connectivity index (χ4v) is 0.260. The molecule has 0 aliphatic carbocycles. The molecule has 0 aromatic carbocycles. The van der Waals surface area contributed by atoms with Gasteiger partial charge in [-0.3, -0.25) is 0 Å². The SMILES string of the molecule is NC(=O)NNC(=O)NNC(=O)O. The highest BCUT2D eigenvalue weighted by atomic mass is 16.4. The normalized spacial score (nSPS) is 8.00. The van der Waals surface area contributed by atoms with E-state index in [1.807, 2.05) is 0 Å². The molecule has 0 atom stereocenters. The molecule has 68 valence electrons. The number of carbonyl (C=O) groups is 3. The summed E-state index contributed by atoms with van der Waals surface area (Å²) in [5.41, 5.74) is 11.2. The Morgan fingerprint density at radius 2 is 1.50 bits per heavy atom. The van der Waals surface area contributed by atoms with E-state index in [2.05, 4.69) is 5.73 Å². The second kappa shape index (κ2) is 4.60. The molecule has 12 heavy (non-hydrogen) atoms. The molecule has 9 heteroatoms. The molecular formula is C3H7N5O4. The summed E-state index contributed by atoms with van der Waals surface area (Å²) in [5.74, 6) is 0. The fourth-order valence-electron chi connectivity index (χ4n) is 0.260. The molecule has 0 aliphatic heterocycles. The number of carbonyl (C=O) groups excluding carboxylic acids is 2. The highest BCUT2D eigenvalue weighted by Crippen LogP contribution is 1.58. The number of hydrogen-bond acceptors (Lipinski definition) is 3. The molecule has 0 saturated heterocycles. The van der Waals surface area contributed by atoms with Crippen LogP contribution in [0.1, 0.15) is 0 Å². The molecule has 0 rings (SSSR count). The Balaban J connectivity index is 3.47. The Bertz CT molecular complexity index is 183. The topological polar surface area (TPSA) is 146 Å². The largest absolute Gasteiger partial charge is 0.464 e. The lowest BCUT2D eigenvalue weighted by atomic mass is 11.0. The first kappa shape index (κ1) is 9.81. The minimum Gasteiger partial charge on any atom is -0.464 e. The highest BCUT2D eigenvalue weighted by molar-refractivity contribution is 5.80. The van der Waals surface area contributed by atoms with Crippen molar-refractivity contribution >= 4 is 18.2 Å². The molecular weight excluding hydrogens is 170 g/mol. The van der Waals surface area contributed by atoms with Crippen molar-refractivity contribution in [2.24, 2.45) is 5.73 Å². The van der Waals surface area contributed by atoms with Gasteiger partial charge in [-0.05, 0) is 0 Å². The lowest BCUT2D eigenvalue weighted by Crippen LogP contribution is -2.53. The Morgan fingerprint density at radius 1 is 1.00 bits per heavy atom. The van der Waals surface area contributed by atoms with E-state index in [0.717, 1.165) is 0 Å². The minimum absolute atomic E-state index is 0.962. The average molecular weight is 177 g/mol. The molecule has 0 bridgehead atoms. The van der Waals surface area contributed by atoms with Gasteiger partial charge in [-0.25, -0.2) is 36.1 Å². The van der Waals surface area contributed by atoms with Crippen molar-refractivity contribution in [3.05, 3.63) is 0 Å². The molecule has 0 radical (unpaired) electrons. The molecule has 0 heterocycles. The first-order valence-corrected chi connectivity index (χ1v) is 2.62. The van der Waals surface area contributed by atoms with E-state index in [1.165, 1.54) is 5.43 Å². The van der Waals surface area contributed by atoms with Crippen LogP contribution in [0.4, 0.5) is 14.4 Å². The van der Waals surface area contributed by atoms with E-state index in [9.17, 15) is 14.4 Å². The second-order valence-electron chi connectivity index (χ2n) is 1.50. The zero-order chi connectivity index (χ0) is 9.56. The van der Waals surface area contributed by atoms with Gasteiger partial charge in [0.25, 0.3) is 0 Å². The van der Waals surface area contributed by atoms with Crippen molar-refractivity contribution in [3.8, 4) is 0 Å². The van der Waals surface area contributed by atoms with E-state index >= 15 is 0 Å². The molecule has 0 fully saturated rings. The van der Waals surface area contributed by atoms with Crippen LogP contribution in [0, 0.1) is 0 Å². The van der Waals surface area contributed by atoms with Crippen molar-refractivity contribution in [2.75, 3.05) is 0 Å². The van der Waals surface area contributed by atoms with E-state index in [4.69, 9.17) is 5.11 Å². The third-order valence-corrected chi connectivity index (χ3v) is 0.582. The standard InChI is InChI=1S/C3H7N5O4/c4-1(9)5-6-2(10)7-8-3(11)12/h8H,(H,11,12)(H3,4,5,9)(H2,6,7,10). The van der Waals surface area contributed by atoms with Gasteiger partial charge in [0.1, 0.15) is 0 Å². The van der Waals surface area contributed by atoms with E-state index in [0.29, 0.717) is 0 Å². The van der Waals surface area contributed by atoms with Crippen LogP contribution in [-0.2, 0) is 0 Å². The number of hydrazine groups is 2. The van der Waals surface area contributed by atoms with Crippen molar-refractivity contribution in [1.82, 2.24) is 21.7 Å². The van der Waals surface area contributed by atoms with E-state index in [1.54, 1.807) is 16.3 Å². The maximum atomic E-state index is 10.4. The van der Waals surface area contributed by atoms with Gasteiger partial charge in [-0.15, -0.1) is 0 Å². The van der Waals surface area contributed by atoms with Gasteiger partial charge in [0.05, 0.1) is 0 Å². The van der Waals surface area contributed by atoms with Crippen LogP contribution in [0.3, 0.4) is 0 Å². The van der Waals surface area contributed by atoms with Gasteiger partial charge in [0, 0.05) is 0 Å². The zero-order valence-corrected chi connectivity index (χ0v) is 5.75. The molecule has 0 aliphatic rings. The number of nitrogens with two attached hydrogens (primary N) is 1. The van der Waals surface area contributed by atoms with Gasteiger partial charge in [-0.1, -0.05) is 0 Å². The van der Waals surface area contributed by atoms with Crippen molar-refractivity contribution in [1.29, 1.82) is 0 Å². The Labute approximate surface area is 66.2 Å². The molecule has 0 spiro atoms. The molecule has 0 aromatic rings. The van der Waals surface area contributed by atoms with Gasteiger partial charge in [-0.2, -0.15) is 0 Å². The molecule has 0 unspecified atom stereocenters. The number of urea groups is 2. The summed E-state index contributed by atoms with van der Waals surface area (Å²) in [5, 5.41) is 7.97.